The summed E-state index contributed by atoms with van der Waals surface area (Å²) in [4.78, 5) is 25.4. The average Bonchev–Trinajstić information content (AvgIpc) is 2.46. The van der Waals surface area contributed by atoms with Gasteiger partial charge in [0.1, 0.15) is 12.8 Å². The minimum Gasteiger partial charge on any atom is -0.457 e. The minimum atomic E-state index is -0.761. The third-order valence-electron chi connectivity index (χ3n) is 2.39. The van der Waals surface area contributed by atoms with Crippen LogP contribution in [-0.2, 0) is 11.3 Å². The number of hydrogen-bond donors (Lipinski definition) is 0. The van der Waals surface area contributed by atoms with Gasteiger partial charge >= 0.3 is 11.8 Å². The number of esters is 1. The number of nitro groups is 1. The van der Waals surface area contributed by atoms with Crippen molar-refractivity contribution in [3.8, 4) is 0 Å². The molecule has 1 heterocycles. The van der Waals surface area contributed by atoms with Crippen molar-refractivity contribution in [3.05, 3.63) is 69.9 Å². The third kappa shape index (κ3) is 3.12. The second kappa shape index (κ2) is 5.72. The second-order valence-corrected chi connectivity index (χ2v) is 3.69. The van der Waals surface area contributed by atoms with E-state index in [2.05, 4.69) is 4.98 Å². The van der Waals surface area contributed by atoms with Crippen LogP contribution in [0.15, 0.2) is 48.7 Å². The monoisotopic (exact) mass is 258 g/mol. The van der Waals surface area contributed by atoms with Gasteiger partial charge in [0.05, 0.1) is 0 Å². The Morgan fingerprint density at radius 1 is 1.21 bits per heavy atom. The topological polar surface area (TPSA) is 82.3 Å². The molecule has 0 saturated heterocycles. The van der Waals surface area contributed by atoms with Gasteiger partial charge in [-0.05, 0) is 27.6 Å². The lowest BCUT2D eigenvalue weighted by atomic mass is 10.2. The molecule has 0 unspecified atom stereocenters. The number of nitrogens with zero attached hydrogens (tertiary/aromatic N) is 2. The maximum Gasteiger partial charge on any atom is 0.378 e. The van der Waals surface area contributed by atoms with E-state index < -0.39 is 16.7 Å². The molecule has 0 saturated carbocycles. The Kier molecular flexibility index (Phi) is 3.82. The molecule has 0 aliphatic heterocycles. The van der Waals surface area contributed by atoms with Crippen LogP contribution in [0.1, 0.15) is 15.9 Å². The number of carbonyl (C=O) groups is 1. The van der Waals surface area contributed by atoms with Gasteiger partial charge in [-0.2, -0.15) is 0 Å². The van der Waals surface area contributed by atoms with E-state index in [-0.39, 0.29) is 12.2 Å². The SMILES string of the molecule is O=C(OCc1ccccc1)c1cccnc1[N+](=O)[O-]. The number of carbonyl (C=O) groups excluding carboxylic acids is 1. The molecule has 6 nitrogen and oxygen atoms in total. The molecular weight excluding hydrogens is 248 g/mol. The summed E-state index contributed by atoms with van der Waals surface area (Å²) in [5, 5.41) is 10.7. The van der Waals surface area contributed by atoms with Gasteiger partial charge in [-0.1, -0.05) is 30.3 Å². The normalized spacial score (nSPS) is 9.89. The summed E-state index contributed by atoms with van der Waals surface area (Å²) in [6.45, 7) is 0.0612. The van der Waals surface area contributed by atoms with Crippen LogP contribution in [0.5, 0.6) is 0 Å². The number of rotatable bonds is 4. The molecule has 0 fully saturated rings. The molecule has 1 aromatic carbocycles. The Morgan fingerprint density at radius 3 is 2.63 bits per heavy atom. The number of benzene rings is 1. The van der Waals surface area contributed by atoms with Crippen LogP contribution in [0.25, 0.3) is 0 Å². The molecule has 6 heteroatoms. The van der Waals surface area contributed by atoms with Gasteiger partial charge in [0.2, 0.25) is 0 Å². The van der Waals surface area contributed by atoms with Gasteiger partial charge in [0.25, 0.3) is 0 Å². The van der Waals surface area contributed by atoms with Crippen LogP contribution >= 0.6 is 0 Å². The van der Waals surface area contributed by atoms with Crippen LogP contribution < -0.4 is 0 Å². The second-order valence-electron chi connectivity index (χ2n) is 3.69. The van der Waals surface area contributed by atoms with Gasteiger partial charge in [0.15, 0.2) is 5.56 Å². The lowest BCUT2D eigenvalue weighted by molar-refractivity contribution is -0.389. The van der Waals surface area contributed by atoms with Crippen LogP contribution in [0.3, 0.4) is 0 Å². The van der Waals surface area contributed by atoms with E-state index in [0.717, 1.165) is 5.56 Å². The zero-order valence-corrected chi connectivity index (χ0v) is 9.85. The van der Waals surface area contributed by atoms with E-state index in [4.69, 9.17) is 4.74 Å². The largest absolute Gasteiger partial charge is 0.457 e. The van der Waals surface area contributed by atoms with E-state index in [1.54, 1.807) is 12.1 Å². The lowest BCUT2D eigenvalue weighted by Crippen LogP contribution is -2.09. The van der Waals surface area contributed by atoms with Gasteiger partial charge < -0.3 is 14.9 Å². The van der Waals surface area contributed by atoms with Crippen molar-refractivity contribution in [3.63, 3.8) is 0 Å². The zero-order chi connectivity index (χ0) is 13.7. The Balaban J connectivity index is 2.10. The summed E-state index contributed by atoms with van der Waals surface area (Å²) in [7, 11) is 0. The van der Waals surface area contributed by atoms with E-state index in [1.807, 2.05) is 18.2 Å². The van der Waals surface area contributed by atoms with Crippen molar-refractivity contribution in [1.29, 1.82) is 0 Å². The maximum atomic E-state index is 11.8. The van der Waals surface area contributed by atoms with Crippen molar-refractivity contribution in [2.45, 2.75) is 6.61 Å². The lowest BCUT2D eigenvalue weighted by Gasteiger charge is -2.04. The van der Waals surface area contributed by atoms with E-state index in [9.17, 15) is 14.9 Å². The predicted molar refractivity (Wildman–Crippen MR) is 66.5 cm³/mol. The summed E-state index contributed by atoms with van der Waals surface area (Å²) >= 11 is 0. The molecule has 1 aromatic heterocycles. The van der Waals surface area contributed by atoms with Crippen LogP contribution in [0, 0.1) is 10.1 Å². The predicted octanol–water partition coefficient (Wildman–Crippen LogP) is 2.35. The summed E-state index contributed by atoms with van der Waals surface area (Å²) in [6.07, 6.45) is 1.26. The van der Waals surface area contributed by atoms with Gasteiger partial charge in [-0.15, -0.1) is 0 Å². The van der Waals surface area contributed by atoms with Crippen molar-refractivity contribution in [2.24, 2.45) is 0 Å². The van der Waals surface area contributed by atoms with Crippen molar-refractivity contribution >= 4 is 11.8 Å². The molecule has 96 valence electrons. The average molecular weight is 258 g/mol. The van der Waals surface area contributed by atoms with Crippen molar-refractivity contribution < 1.29 is 14.5 Å². The molecular formula is C13H10N2O4. The highest BCUT2D eigenvalue weighted by molar-refractivity contribution is 5.92. The molecule has 0 N–H and O–H groups in total. The Hall–Kier alpha value is -2.76. The molecule has 0 bridgehead atoms. The molecule has 2 rings (SSSR count). The number of aromatic nitrogens is 1. The first kappa shape index (κ1) is 12.7. The van der Waals surface area contributed by atoms with E-state index >= 15 is 0 Å². The quantitative estimate of drug-likeness (QED) is 0.477. The Morgan fingerprint density at radius 2 is 1.95 bits per heavy atom. The summed E-state index contributed by atoms with van der Waals surface area (Å²) in [5.41, 5.74) is 0.658. The highest BCUT2D eigenvalue weighted by atomic mass is 16.6. The fourth-order valence-corrected chi connectivity index (χ4v) is 1.50. The molecule has 0 amide bonds. The van der Waals surface area contributed by atoms with Gasteiger partial charge in [0, 0.05) is 0 Å². The van der Waals surface area contributed by atoms with Gasteiger partial charge in [-0.3, -0.25) is 0 Å². The Bertz CT molecular complexity index is 599. The third-order valence-corrected chi connectivity index (χ3v) is 2.39. The molecule has 0 atom stereocenters. The van der Waals surface area contributed by atoms with Crippen LogP contribution in [0.4, 0.5) is 5.82 Å². The number of ether oxygens (including phenoxy) is 1. The van der Waals surface area contributed by atoms with Crippen molar-refractivity contribution in [1.82, 2.24) is 4.98 Å². The number of hydrogen-bond acceptors (Lipinski definition) is 5. The fourth-order valence-electron chi connectivity index (χ4n) is 1.50. The summed E-state index contributed by atoms with van der Waals surface area (Å²) < 4.78 is 5.02. The minimum absolute atomic E-state index is 0.0612. The molecule has 0 radical (unpaired) electrons. The zero-order valence-electron chi connectivity index (χ0n) is 9.85. The van der Waals surface area contributed by atoms with E-state index in [0.29, 0.717) is 0 Å². The number of pyridine rings is 1. The molecule has 2 aromatic rings. The molecule has 0 aliphatic carbocycles. The van der Waals surface area contributed by atoms with Gasteiger partial charge in [-0.25, -0.2) is 4.79 Å². The smallest absolute Gasteiger partial charge is 0.378 e. The van der Waals surface area contributed by atoms with Crippen molar-refractivity contribution in [2.75, 3.05) is 0 Å². The van der Waals surface area contributed by atoms with Crippen LogP contribution in [-0.4, -0.2) is 15.9 Å². The Labute approximate surface area is 108 Å². The first-order valence-corrected chi connectivity index (χ1v) is 5.49. The highest BCUT2D eigenvalue weighted by Gasteiger charge is 2.21. The summed E-state index contributed by atoms with van der Waals surface area (Å²) in [6, 6.07) is 11.8. The fraction of sp³-hybridized carbons (Fsp3) is 0.0769. The van der Waals surface area contributed by atoms with Crippen LogP contribution in [0.2, 0.25) is 0 Å². The molecule has 0 aliphatic rings. The highest BCUT2D eigenvalue weighted by Crippen LogP contribution is 2.16. The molecule has 0 spiro atoms. The van der Waals surface area contributed by atoms with E-state index in [1.165, 1.54) is 18.3 Å². The standard InChI is InChI=1S/C13H10N2O4/c16-13(19-9-10-5-2-1-3-6-10)11-7-4-8-14-12(11)15(17)18/h1-8H,9H2. The first-order chi connectivity index (χ1) is 9.18. The molecule has 19 heavy (non-hydrogen) atoms. The first-order valence-electron chi connectivity index (χ1n) is 5.49. The maximum absolute atomic E-state index is 11.8. The summed E-state index contributed by atoms with van der Waals surface area (Å²) in [5.74, 6) is -1.26.